The van der Waals surface area contributed by atoms with Crippen LogP contribution in [0.2, 0.25) is 0 Å². The number of rotatable bonds is 5. The minimum Gasteiger partial charge on any atom is -0.393 e. The number of carbonyl (C=O) groups excluding carboxylic acids is 1. The molecule has 0 saturated heterocycles. The zero-order valence-corrected chi connectivity index (χ0v) is 11.6. The van der Waals surface area contributed by atoms with E-state index < -0.39 is 6.10 Å². The standard InChI is InChI=1S/C14H18N4O2/c1-11(19)6-7-17(2)14(20)12-4-3-5-13(8-12)18-10-15-9-16-18/h3-5,8-11,19H,6-7H2,1-2H3. The van der Waals surface area contributed by atoms with Crippen LogP contribution in [-0.2, 0) is 0 Å². The predicted molar refractivity (Wildman–Crippen MR) is 74.6 cm³/mol. The van der Waals surface area contributed by atoms with Crippen LogP contribution in [0.4, 0.5) is 0 Å². The molecule has 106 valence electrons. The van der Waals surface area contributed by atoms with Gasteiger partial charge in [0.1, 0.15) is 12.7 Å². The number of aliphatic hydroxyl groups excluding tert-OH is 1. The normalized spacial score (nSPS) is 12.2. The Morgan fingerprint density at radius 3 is 2.95 bits per heavy atom. The maximum Gasteiger partial charge on any atom is 0.253 e. The predicted octanol–water partition coefficient (Wildman–Crippen LogP) is 1.11. The first kappa shape index (κ1) is 14.2. The van der Waals surface area contributed by atoms with Gasteiger partial charge in [0.25, 0.3) is 5.91 Å². The molecular formula is C14H18N4O2. The van der Waals surface area contributed by atoms with Crippen molar-refractivity contribution in [3.05, 3.63) is 42.5 Å². The molecule has 1 aromatic heterocycles. The molecule has 1 amide bonds. The van der Waals surface area contributed by atoms with Crippen LogP contribution >= 0.6 is 0 Å². The number of hydrogen-bond acceptors (Lipinski definition) is 4. The van der Waals surface area contributed by atoms with Gasteiger partial charge >= 0.3 is 0 Å². The van der Waals surface area contributed by atoms with Crippen molar-refractivity contribution in [3.63, 3.8) is 0 Å². The third kappa shape index (κ3) is 3.42. The summed E-state index contributed by atoms with van der Waals surface area (Å²) in [6, 6.07) is 7.21. The first-order chi connectivity index (χ1) is 9.58. The molecule has 0 aliphatic heterocycles. The molecule has 0 fully saturated rings. The molecule has 6 heteroatoms. The highest BCUT2D eigenvalue weighted by atomic mass is 16.3. The van der Waals surface area contributed by atoms with Crippen molar-refractivity contribution in [1.29, 1.82) is 0 Å². The van der Waals surface area contributed by atoms with E-state index in [2.05, 4.69) is 10.1 Å². The number of nitrogens with zero attached hydrogens (tertiary/aromatic N) is 4. The Morgan fingerprint density at radius 1 is 1.50 bits per heavy atom. The van der Waals surface area contributed by atoms with E-state index in [4.69, 9.17) is 0 Å². The van der Waals surface area contributed by atoms with E-state index in [0.29, 0.717) is 18.5 Å². The van der Waals surface area contributed by atoms with Crippen molar-refractivity contribution in [3.8, 4) is 5.69 Å². The summed E-state index contributed by atoms with van der Waals surface area (Å²) in [5.74, 6) is -0.0763. The van der Waals surface area contributed by atoms with Crippen LogP contribution in [0.1, 0.15) is 23.7 Å². The molecule has 0 aliphatic rings. The summed E-state index contributed by atoms with van der Waals surface area (Å²) in [7, 11) is 1.73. The number of carbonyl (C=O) groups is 1. The zero-order valence-electron chi connectivity index (χ0n) is 11.6. The molecule has 1 unspecified atom stereocenters. The van der Waals surface area contributed by atoms with Gasteiger partial charge in [0.05, 0.1) is 11.8 Å². The Hall–Kier alpha value is -2.21. The second-order valence-electron chi connectivity index (χ2n) is 4.75. The lowest BCUT2D eigenvalue weighted by atomic mass is 10.1. The highest BCUT2D eigenvalue weighted by Crippen LogP contribution is 2.11. The van der Waals surface area contributed by atoms with Crippen LogP contribution in [0.25, 0.3) is 5.69 Å². The van der Waals surface area contributed by atoms with E-state index in [9.17, 15) is 9.90 Å². The quantitative estimate of drug-likeness (QED) is 0.886. The van der Waals surface area contributed by atoms with Gasteiger partial charge in [-0.3, -0.25) is 4.79 Å². The van der Waals surface area contributed by atoms with Crippen molar-refractivity contribution in [1.82, 2.24) is 19.7 Å². The maximum atomic E-state index is 12.3. The van der Waals surface area contributed by atoms with E-state index >= 15 is 0 Å². The Bertz CT molecular complexity index is 566. The fourth-order valence-electron chi connectivity index (χ4n) is 1.83. The topological polar surface area (TPSA) is 71.2 Å². The highest BCUT2D eigenvalue weighted by molar-refractivity contribution is 5.94. The van der Waals surface area contributed by atoms with Crippen molar-refractivity contribution in [2.75, 3.05) is 13.6 Å². The zero-order chi connectivity index (χ0) is 14.5. The van der Waals surface area contributed by atoms with E-state index in [-0.39, 0.29) is 5.91 Å². The maximum absolute atomic E-state index is 12.3. The van der Waals surface area contributed by atoms with Crippen LogP contribution in [0.3, 0.4) is 0 Å². The molecule has 1 aromatic carbocycles. The van der Waals surface area contributed by atoms with Gasteiger partial charge in [-0.25, -0.2) is 9.67 Å². The second-order valence-corrected chi connectivity index (χ2v) is 4.75. The third-order valence-electron chi connectivity index (χ3n) is 3.01. The molecule has 0 saturated carbocycles. The first-order valence-corrected chi connectivity index (χ1v) is 6.46. The summed E-state index contributed by atoms with van der Waals surface area (Å²) in [6.45, 7) is 2.23. The number of benzene rings is 1. The van der Waals surface area contributed by atoms with E-state index in [1.54, 1.807) is 42.0 Å². The van der Waals surface area contributed by atoms with E-state index in [1.165, 1.54) is 6.33 Å². The summed E-state index contributed by atoms with van der Waals surface area (Å²) in [5.41, 5.74) is 1.38. The molecule has 20 heavy (non-hydrogen) atoms. The van der Waals surface area contributed by atoms with Gasteiger partial charge in [-0.1, -0.05) is 6.07 Å². The van der Waals surface area contributed by atoms with Gasteiger partial charge in [0, 0.05) is 19.2 Å². The largest absolute Gasteiger partial charge is 0.393 e. The number of aliphatic hydroxyl groups is 1. The number of aromatic nitrogens is 3. The van der Waals surface area contributed by atoms with Crippen molar-refractivity contribution in [2.24, 2.45) is 0 Å². The summed E-state index contributed by atoms with van der Waals surface area (Å²) < 4.78 is 1.60. The fraction of sp³-hybridized carbons (Fsp3) is 0.357. The van der Waals surface area contributed by atoms with Gasteiger partial charge < -0.3 is 10.0 Å². The second kappa shape index (κ2) is 6.29. The third-order valence-corrected chi connectivity index (χ3v) is 3.01. The molecule has 0 bridgehead atoms. The smallest absolute Gasteiger partial charge is 0.253 e. The summed E-state index contributed by atoms with van der Waals surface area (Å²) in [6.07, 6.45) is 3.18. The van der Waals surface area contributed by atoms with Crippen LogP contribution in [-0.4, -0.2) is 50.4 Å². The van der Waals surface area contributed by atoms with Gasteiger partial charge in [-0.05, 0) is 31.5 Å². The summed E-state index contributed by atoms with van der Waals surface area (Å²) in [5, 5.41) is 13.3. The van der Waals surface area contributed by atoms with Gasteiger partial charge in [0.2, 0.25) is 0 Å². The Labute approximate surface area is 117 Å². The van der Waals surface area contributed by atoms with Crippen molar-refractivity contribution in [2.45, 2.75) is 19.4 Å². The summed E-state index contributed by atoms with van der Waals surface area (Å²) in [4.78, 5) is 17.8. The lowest BCUT2D eigenvalue weighted by Gasteiger charge is -2.18. The SMILES string of the molecule is CC(O)CCN(C)C(=O)c1cccc(-n2cncn2)c1. The minimum absolute atomic E-state index is 0.0763. The molecule has 0 aliphatic carbocycles. The number of hydrogen-bond donors (Lipinski definition) is 1. The average Bonchev–Trinajstić information content (AvgIpc) is 2.98. The molecule has 2 aromatic rings. The van der Waals surface area contributed by atoms with E-state index in [0.717, 1.165) is 5.69 Å². The lowest BCUT2D eigenvalue weighted by molar-refractivity contribution is 0.0769. The highest BCUT2D eigenvalue weighted by Gasteiger charge is 2.13. The monoisotopic (exact) mass is 274 g/mol. The van der Waals surface area contributed by atoms with Crippen molar-refractivity contribution >= 4 is 5.91 Å². The van der Waals surface area contributed by atoms with E-state index in [1.807, 2.05) is 12.1 Å². The summed E-state index contributed by atoms with van der Waals surface area (Å²) >= 11 is 0. The van der Waals surface area contributed by atoms with Gasteiger partial charge in [0.15, 0.2) is 0 Å². The first-order valence-electron chi connectivity index (χ1n) is 6.46. The fourth-order valence-corrected chi connectivity index (χ4v) is 1.83. The molecular weight excluding hydrogens is 256 g/mol. The van der Waals surface area contributed by atoms with Crippen LogP contribution in [0.5, 0.6) is 0 Å². The van der Waals surface area contributed by atoms with Crippen LogP contribution < -0.4 is 0 Å². The average molecular weight is 274 g/mol. The van der Waals surface area contributed by atoms with Gasteiger partial charge in [-0.2, -0.15) is 5.10 Å². The molecule has 2 rings (SSSR count). The minimum atomic E-state index is -0.410. The Morgan fingerprint density at radius 2 is 2.30 bits per heavy atom. The van der Waals surface area contributed by atoms with Crippen LogP contribution in [0, 0.1) is 0 Å². The lowest BCUT2D eigenvalue weighted by Crippen LogP contribution is -2.29. The molecule has 1 atom stereocenters. The molecule has 6 nitrogen and oxygen atoms in total. The molecule has 0 radical (unpaired) electrons. The van der Waals surface area contributed by atoms with Gasteiger partial charge in [-0.15, -0.1) is 0 Å². The molecule has 0 spiro atoms. The Balaban J connectivity index is 2.12. The molecule has 1 heterocycles. The Kier molecular flexibility index (Phi) is 4.47. The molecule has 1 N–H and O–H groups in total. The number of amides is 1. The van der Waals surface area contributed by atoms with Crippen LogP contribution in [0.15, 0.2) is 36.9 Å². The van der Waals surface area contributed by atoms with Crippen molar-refractivity contribution < 1.29 is 9.90 Å².